The van der Waals surface area contributed by atoms with E-state index < -0.39 is 0 Å². The molecule has 0 radical (unpaired) electrons. The van der Waals surface area contributed by atoms with Crippen LogP contribution < -0.4 is 0 Å². The van der Waals surface area contributed by atoms with E-state index in [1.165, 1.54) is 18.0 Å². The molecule has 0 aliphatic heterocycles. The Bertz CT molecular complexity index is 311. The second-order valence-electron chi connectivity index (χ2n) is 2.73. The molecule has 0 fully saturated rings. The Hall–Kier alpha value is -0.0300. The molecule has 14 heavy (non-hydrogen) atoms. The summed E-state index contributed by atoms with van der Waals surface area (Å²) in [6, 6.07) is 0. The lowest BCUT2D eigenvalue weighted by atomic mass is 10.3. The van der Waals surface area contributed by atoms with Crippen LogP contribution in [0.15, 0.2) is 11.2 Å². The molecule has 1 aromatic rings. The van der Waals surface area contributed by atoms with Crippen LogP contribution in [-0.2, 0) is 0 Å². The molecule has 0 bridgehead atoms. The number of thioether (sulfide) groups is 1. The summed E-state index contributed by atoms with van der Waals surface area (Å²) in [7, 11) is 0. The van der Waals surface area contributed by atoms with Crippen molar-refractivity contribution in [2.75, 3.05) is 6.61 Å². The molecule has 1 atom stereocenters. The molecule has 0 aliphatic carbocycles. The molecule has 78 valence electrons. The van der Waals surface area contributed by atoms with Gasteiger partial charge in [0.2, 0.25) is 5.28 Å². The Morgan fingerprint density at radius 3 is 2.93 bits per heavy atom. The van der Waals surface area contributed by atoms with Crippen molar-refractivity contribution in [1.29, 1.82) is 0 Å². The van der Waals surface area contributed by atoms with Gasteiger partial charge >= 0.3 is 0 Å². The monoisotopic (exact) mass is 252 g/mol. The predicted octanol–water partition coefficient (Wildman–Crippen LogP) is 2.65. The molecule has 3 nitrogen and oxygen atoms in total. The average molecular weight is 253 g/mol. The van der Waals surface area contributed by atoms with Crippen LogP contribution in [-0.4, -0.2) is 26.9 Å². The van der Waals surface area contributed by atoms with E-state index in [1.807, 2.05) is 6.92 Å². The van der Waals surface area contributed by atoms with Crippen molar-refractivity contribution < 1.29 is 5.11 Å². The maximum Gasteiger partial charge on any atom is 0.223 e. The maximum absolute atomic E-state index is 8.73. The van der Waals surface area contributed by atoms with Gasteiger partial charge in [0, 0.05) is 11.9 Å². The lowest BCUT2D eigenvalue weighted by Gasteiger charge is -2.09. The van der Waals surface area contributed by atoms with E-state index in [0.29, 0.717) is 16.5 Å². The SMILES string of the molecule is CC(CCO)Sc1nc(Cl)ncc1Cl. The maximum atomic E-state index is 8.73. The first-order valence-corrected chi connectivity index (χ1v) is 5.72. The Kier molecular flexibility index (Phi) is 4.95. The molecule has 0 saturated carbocycles. The van der Waals surface area contributed by atoms with Crippen LogP contribution in [0, 0.1) is 0 Å². The van der Waals surface area contributed by atoms with Crippen molar-refractivity contribution in [3.63, 3.8) is 0 Å². The van der Waals surface area contributed by atoms with E-state index in [2.05, 4.69) is 9.97 Å². The molecule has 1 heterocycles. The Balaban J connectivity index is 2.70. The fraction of sp³-hybridized carbons (Fsp3) is 0.500. The molecular weight excluding hydrogens is 243 g/mol. The standard InChI is InChI=1S/C8H10Cl2N2OS/c1-5(2-3-13)14-7-6(9)4-11-8(10)12-7/h4-5,13H,2-3H2,1H3. The minimum atomic E-state index is 0.157. The van der Waals surface area contributed by atoms with Crippen LogP contribution in [0.1, 0.15) is 13.3 Å². The third-order valence-corrected chi connectivity index (χ3v) is 3.27. The quantitative estimate of drug-likeness (QED) is 0.509. The minimum absolute atomic E-state index is 0.157. The van der Waals surface area contributed by atoms with Crippen LogP contribution in [0.4, 0.5) is 0 Å². The van der Waals surface area contributed by atoms with Crippen molar-refractivity contribution in [2.24, 2.45) is 0 Å². The summed E-state index contributed by atoms with van der Waals surface area (Å²) in [6.07, 6.45) is 2.17. The van der Waals surface area contributed by atoms with Crippen molar-refractivity contribution in [1.82, 2.24) is 9.97 Å². The van der Waals surface area contributed by atoms with E-state index in [9.17, 15) is 0 Å². The smallest absolute Gasteiger partial charge is 0.223 e. The van der Waals surface area contributed by atoms with Crippen LogP contribution in [0.25, 0.3) is 0 Å². The highest BCUT2D eigenvalue weighted by Crippen LogP contribution is 2.29. The topological polar surface area (TPSA) is 46.0 Å². The second kappa shape index (κ2) is 5.75. The molecule has 0 aliphatic rings. The van der Waals surface area contributed by atoms with Crippen molar-refractivity contribution in [2.45, 2.75) is 23.6 Å². The van der Waals surface area contributed by atoms with Crippen LogP contribution in [0.5, 0.6) is 0 Å². The van der Waals surface area contributed by atoms with Crippen LogP contribution in [0.2, 0.25) is 10.3 Å². The molecule has 6 heteroatoms. The number of nitrogens with zero attached hydrogens (tertiary/aromatic N) is 2. The highest BCUT2D eigenvalue weighted by Gasteiger charge is 2.09. The van der Waals surface area contributed by atoms with Gasteiger partial charge in [-0.25, -0.2) is 9.97 Å². The van der Waals surface area contributed by atoms with Gasteiger partial charge in [-0.2, -0.15) is 0 Å². The molecule has 0 aromatic carbocycles. The highest BCUT2D eigenvalue weighted by molar-refractivity contribution is 7.99. The van der Waals surface area contributed by atoms with Gasteiger partial charge in [-0.1, -0.05) is 18.5 Å². The predicted molar refractivity (Wildman–Crippen MR) is 59.1 cm³/mol. The van der Waals surface area contributed by atoms with Gasteiger partial charge in [0.05, 0.1) is 11.2 Å². The van der Waals surface area contributed by atoms with Gasteiger partial charge in [-0.15, -0.1) is 11.8 Å². The molecule has 1 N–H and O–H groups in total. The van der Waals surface area contributed by atoms with Gasteiger partial charge in [0.1, 0.15) is 5.03 Å². The second-order valence-corrected chi connectivity index (χ2v) is 4.91. The summed E-state index contributed by atoms with van der Waals surface area (Å²) in [6.45, 7) is 2.15. The number of hydrogen-bond acceptors (Lipinski definition) is 4. The Morgan fingerprint density at radius 1 is 1.57 bits per heavy atom. The van der Waals surface area contributed by atoms with E-state index in [1.54, 1.807) is 0 Å². The first-order valence-electron chi connectivity index (χ1n) is 4.09. The fourth-order valence-corrected chi connectivity index (χ4v) is 2.16. The minimum Gasteiger partial charge on any atom is -0.396 e. The summed E-state index contributed by atoms with van der Waals surface area (Å²) in [5.74, 6) is 0. The summed E-state index contributed by atoms with van der Waals surface area (Å²) >= 11 is 13.0. The number of aliphatic hydroxyl groups excluding tert-OH is 1. The lowest BCUT2D eigenvalue weighted by Crippen LogP contribution is -2.00. The van der Waals surface area contributed by atoms with Gasteiger partial charge in [-0.05, 0) is 18.0 Å². The molecule has 0 amide bonds. The van der Waals surface area contributed by atoms with E-state index >= 15 is 0 Å². The van der Waals surface area contributed by atoms with Gasteiger partial charge in [0.25, 0.3) is 0 Å². The molecular formula is C8H10Cl2N2OS. The summed E-state index contributed by atoms with van der Waals surface area (Å²) in [5, 5.41) is 10.3. The zero-order chi connectivity index (χ0) is 10.6. The number of halogens is 2. The van der Waals surface area contributed by atoms with E-state index in [0.717, 1.165) is 0 Å². The van der Waals surface area contributed by atoms with Crippen molar-refractivity contribution >= 4 is 35.0 Å². The fourth-order valence-electron chi connectivity index (χ4n) is 0.845. The summed E-state index contributed by atoms with van der Waals surface area (Å²) in [5.41, 5.74) is 0. The number of aromatic nitrogens is 2. The summed E-state index contributed by atoms with van der Waals surface area (Å²) in [4.78, 5) is 7.75. The Labute approximate surface area is 96.9 Å². The largest absolute Gasteiger partial charge is 0.396 e. The first kappa shape index (κ1) is 12.0. The van der Waals surface area contributed by atoms with E-state index in [4.69, 9.17) is 28.3 Å². The number of rotatable bonds is 4. The average Bonchev–Trinajstić information content (AvgIpc) is 2.12. The highest BCUT2D eigenvalue weighted by atomic mass is 35.5. The molecule has 1 unspecified atom stereocenters. The normalized spacial score (nSPS) is 12.9. The molecule has 1 rings (SSSR count). The lowest BCUT2D eigenvalue weighted by molar-refractivity contribution is 0.289. The first-order chi connectivity index (χ1) is 6.63. The summed E-state index contributed by atoms with van der Waals surface area (Å²) < 4.78 is 0. The Morgan fingerprint density at radius 2 is 2.29 bits per heavy atom. The van der Waals surface area contributed by atoms with E-state index in [-0.39, 0.29) is 17.1 Å². The molecule has 0 saturated heterocycles. The number of aliphatic hydroxyl groups is 1. The van der Waals surface area contributed by atoms with Gasteiger partial charge in [-0.3, -0.25) is 0 Å². The molecule has 0 spiro atoms. The third kappa shape index (κ3) is 3.61. The number of hydrogen-bond donors (Lipinski definition) is 1. The van der Waals surface area contributed by atoms with Crippen LogP contribution >= 0.6 is 35.0 Å². The zero-order valence-electron chi connectivity index (χ0n) is 7.57. The third-order valence-electron chi connectivity index (χ3n) is 1.53. The molecule has 1 aromatic heterocycles. The van der Waals surface area contributed by atoms with Gasteiger partial charge in [0.15, 0.2) is 0 Å². The van der Waals surface area contributed by atoms with Crippen molar-refractivity contribution in [3.8, 4) is 0 Å². The van der Waals surface area contributed by atoms with Gasteiger partial charge < -0.3 is 5.11 Å². The van der Waals surface area contributed by atoms with Crippen LogP contribution in [0.3, 0.4) is 0 Å². The van der Waals surface area contributed by atoms with Crippen molar-refractivity contribution in [3.05, 3.63) is 16.5 Å². The zero-order valence-corrected chi connectivity index (χ0v) is 9.90.